The summed E-state index contributed by atoms with van der Waals surface area (Å²) in [5.74, 6) is 0. The van der Waals surface area contributed by atoms with Crippen molar-refractivity contribution < 1.29 is 0 Å². The molecule has 0 heterocycles. The van der Waals surface area contributed by atoms with Crippen LogP contribution >= 0.6 is 11.6 Å². The third-order valence-electron chi connectivity index (χ3n) is 5.17. The topological polar surface area (TPSA) is 0 Å². The quantitative estimate of drug-likeness (QED) is 0.363. The maximum Gasteiger partial charge on any atom is 0.0571 e. The maximum absolute atomic E-state index is 6.08. The summed E-state index contributed by atoms with van der Waals surface area (Å²) >= 11 is 6.08. The van der Waals surface area contributed by atoms with E-state index in [-0.39, 0.29) is 0 Å². The van der Waals surface area contributed by atoms with E-state index in [1.807, 2.05) is 12.1 Å². The fourth-order valence-corrected chi connectivity index (χ4v) is 6.67. The second-order valence-corrected chi connectivity index (χ2v) is 12.2. The number of hydrogen-bond donors (Lipinski definition) is 0. The molecule has 0 aliphatic rings. The van der Waals surface area contributed by atoms with Crippen molar-refractivity contribution in [3.8, 4) is 0 Å². The van der Waals surface area contributed by atoms with Crippen molar-refractivity contribution in [2.75, 3.05) is 0 Å². The Balaban J connectivity index is 2.43. The fraction of sp³-hybridized carbons (Fsp3) is 0.333. The van der Waals surface area contributed by atoms with E-state index in [1.54, 1.807) is 0 Å². The first-order valence-electron chi connectivity index (χ1n) is 8.64. The zero-order valence-corrected chi connectivity index (χ0v) is 16.2. The molecule has 2 heteroatoms. The van der Waals surface area contributed by atoms with Gasteiger partial charge in [0.25, 0.3) is 0 Å². The van der Waals surface area contributed by atoms with Crippen LogP contribution in [0.15, 0.2) is 54.6 Å². The lowest BCUT2D eigenvalue weighted by Gasteiger charge is -2.29. The van der Waals surface area contributed by atoms with Crippen LogP contribution in [0.2, 0.25) is 29.2 Å². The molecule has 2 aromatic carbocycles. The van der Waals surface area contributed by atoms with Crippen LogP contribution in [-0.4, -0.2) is 8.07 Å². The van der Waals surface area contributed by atoms with E-state index in [1.165, 1.54) is 40.9 Å². The second-order valence-electron chi connectivity index (χ2n) is 6.32. The predicted molar refractivity (Wildman–Crippen MR) is 108 cm³/mol. The minimum Gasteiger partial charge on any atom is -0.0843 e. The second kappa shape index (κ2) is 8.51. The van der Waals surface area contributed by atoms with Gasteiger partial charge in [0.1, 0.15) is 0 Å². The van der Waals surface area contributed by atoms with Gasteiger partial charge in [-0.1, -0.05) is 99.0 Å². The molecular weight excluding hydrogens is 316 g/mol. The summed E-state index contributed by atoms with van der Waals surface area (Å²) in [6.07, 6.45) is 2.37. The first kappa shape index (κ1) is 18.0. The van der Waals surface area contributed by atoms with Crippen molar-refractivity contribution in [3.63, 3.8) is 0 Å². The maximum atomic E-state index is 6.08. The van der Waals surface area contributed by atoms with E-state index in [0.29, 0.717) is 0 Å². The highest BCUT2D eigenvalue weighted by Gasteiger charge is 2.28. The highest BCUT2D eigenvalue weighted by atomic mass is 35.5. The SMILES string of the molecule is CC[Si](CC)(CC)C/C(=C\c1ccccc1)c1ccc(Cl)cc1. The molecule has 0 amide bonds. The van der Waals surface area contributed by atoms with Gasteiger partial charge in [-0.2, -0.15) is 0 Å². The van der Waals surface area contributed by atoms with Crippen molar-refractivity contribution in [1.29, 1.82) is 0 Å². The summed E-state index contributed by atoms with van der Waals surface area (Å²) in [6, 6.07) is 24.3. The highest BCUT2D eigenvalue weighted by Crippen LogP contribution is 2.34. The van der Waals surface area contributed by atoms with Gasteiger partial charge < -0.3 is 0 Å². The molecule has 0 nitrogen and oxygen atoms in total. The lowest BCUT2D eigenvalue weighted by atomic mass is 10.0. The third kappa shape index (κ3) is 4.83. The monoisotopic (exact) mass is 342 g/mol. The molecule has 0 unspecified atom stereocenters. The van der Waals surface area contributed by atoms with E-state index in [4.69, 9.17) is 11.6 Å². The molecule has 0 atom stereocenters. The van der Waals surface area contributed by atoms with Gasteiger partial charge in [0, 0.05) is 5.02 Å². The average Bonchev–Trinajstić information content (AvgIpc) is 2.60. The van der Waals surface area contributed by atoms with Crippen LogP contribution in [0.4, 0.5) is 0 Å². The minimum atomic E-state index is -1.23. The van der Waals surface area contributed by atoms with Gasteiger partial charge in [-0.25, -0.2) is 0 Å². The van der Waals surface area contributed by atoms with Gasteiger partial charge in [-0.15, -0.1) is 0 Å². The van der Waals surface area contributed by atoms with Crippen molar-refractivity contribution in [2.45, 2.75) is 44.9 Å². The summed E-state index contributed by atoms with van der Waals surface area (Å²) in [6.45, 7) is 7.13. The predicted octanol–water partition coefficient (Wildman–Crippen LogP) is 7.39. The summed E-state index contributed by atoms with van der Waals surface area (Å²) in [5.41, 5.74) is 4.05. The molecule has 23 heavy (non-hydrogen) atoms. The van der Waals surface area contributed by atoms with Crippen LogP contribution in [0.3, 0.4) is 0 Å². The lowest BCUT2D eigenvalue weighted by molar-refractivity contribution is 1.15. The molecule has 0 bridgehead atoms. The molecule has 0 aliphatic carbocycles. The van der Waals surface area contributed by atoms with Crippen molar-refractivity contribution >= 4 is 31.3 Å². The molecule has 0 fully saturated rings. The van der Waals surface area contributed by atoms with E-state index >= 15 is 0 Å². The largest absolute Gasteiger partial charge is 0.0843 e. The molecule has 0 N–H and O–H groups in total. The van der Waals surface area contributed by atoms with Crippen LogP contribution in [0.1, 0.15) is 31.9 Å². The molecule has 0 spiro atoms. The molecular formula is C21H27ClSi. The van der Waals surface area contributed by atoms with Crippen LogP contribution < -0.4 is 0 Å². The Morgan fingerprint density at radius 1 is 0.870 bits per heavy atom. The zero-order valence-electron chi connectivity index (χ0n) is 14.5. The minimum absolute atomic E-state index is 0.804. The van der Waals surface area contributed by atoms with E-state index in [9.17, 15) is 0 Å². The standard InChI is InChI=1S/C21H27ClSi/c1-4-23(5-2,6-3)17-20(16-18-10-8-7-9-11-18)19-12-14-21(22)15-13-19/h7-16H,4-6,17H2,1-3H3/b20-16+. The third-order valence-corrected chi connectivity index (χ3v) is 11.1. The number of allylic oxidation sites excluding steroid dienone is 1. The first-order valence-corrected chi connectivity index (χ1v) is 11.8. The van der Waals surface area contributed by atoms with Gasteiger partial charge in [0.05, 0.1) is 8.07 Å². The van der Waals surface area contributed by atoms with Gasteiger partial charge >= 0.3 is 0 Å². The number of benzene rings is 2. The van der Waals surface area contributed by atoms with Gasteiger partial charge in [0.2, 0.25) is 0 Å². The molecule has 0 saturated heterocycles. The van der Waals surface area contributed by atoms with Gasteiger partial charge in [-0.3, -0.25) is 0 Å². The molecule has 122 valence electrons. The van der Waals surface area contributed by atoms with Crippen LogP contribution in [0.25, 0.3) is 11.6 Å². The summed E-state index contributed by atoms with van der Waals surface area (Å²) < 4.78 is 0. The molecule has 0 saturated carbocycles. The number of halogens is 1. The number of rotatable bonds is 7. The van der Waals surface area contributed by atoms with Crippen molar-refractivity contribution in [2.24, 2.45) is 0 Å². The number of hydrogen-bond acceptors (Lipinski definition) is 0. The Labute approximate surface area is 147 Å². The first-order chi connectivity index (χ1) is 11.1. The Kier molecular flexibility index (Phi) is 6.68. The van der Waals surface area contributed by atoms with Gasteiger partial charge in [0.15, 0.2) is 0 Å². The zero-order chi connectivity index (χ0) is 16.7. The van der Waals surface area contributed by atoms with E-state index < -0.39 is 8.07 Å². The lowest BCUT2D eigenvalue weighted by Crippen LogP contribution is -2.31. The summed E-state index contributed by atoms with van der Waals surface area (Å²) in [4.78, 5) is 0. The molecule has 0 aromatic heterocycles. The Hall–Kier alpha value is -1.31. The van der Waals surface area contributed by atoms with E-state index in [2.05, 4.69) is 69.3 Å². The molecule has 0 aliphatic heterocycles. The normalized spacial score (nSPS) is 12.4. The average molecular weight is 343 g/mol. The molecule has 0 radical (unpaired) electrons. The van der Waals surface area contributed by atoms with Crippen LogP contribution in [0, 0.1) is 0 Å². The van der Waals surface area contributed by atoms with Gasteiger partial charge in [-0.05, 0) is 34.9 Å². The summed E-state index contributed by atoms with van der Waals surface area (Å²) in [5, 5.41) is 0.804. The molecule has 2 rings (SSSR count). The highest BCUT2D eigenvalue weighted by molar-refractivity contribution is 6.81. The Bertz CT molecular complexity index is 616. The Morgan fingerprint density at radius 3 is 1.96 bits per heavy atom. The summed E-state index contributed by atoms with van der Waals surface area (Å²) in [7, 11) is -1.23. The van der Waals surface area contributed by atoms with Crippen LogP contribution in [0.5, 0.6) is 0 Å². The Morgan fingerprint density at radius 2 is 1.43 bits per heavy atom. The van der Waals surface area contributed by atoms with E-state index in [0.717, 1.165) is 5.02 Å². The van der Waals surface area contributed by atoms with Crippen molar-refractivity contribution in [1.82, 2.24) is 0 Å². The van der Waals surface area contributed by atoms with Crippen LogP contribution in [-0.2, 0) is 0 Å². The fourth-order valence-electron chi connectivity index (χ4n) is 3.18. The smallest absolute Gasteiger partial charge is 0.0571 e. The molecule has 2 aromatic rings. The van der Waals surface area contributed by atoms with Crippen molar-refractivity contribution in [3.05, 3.63) is 70.7 Å².